The zero-order valence-corrected chi connectivity index (χ0v) is 6.47. The van der Waals surface area contributed by atoms with Crippen molar-refractivity contribution in [2.24, 2.45) is 0 Å². The van der Waals surface area contributed by atoms with Crippen LogP contribution in [0.2, 0.25) is 0 Å². The number of alkyl halides is 2. The van der Waals surface area contributed by atoms with Gasteiger partial charge >= 0.3 is 0 Å². The molecule has 0 aliphatic carbocycles. The Morgan fingerprint density at radius 1 is 1.54 bits per heavy atom. The highest BCUT2D eigenvalue weighted by atomic mass is 19.3. The molecule has 0 saturated heterocycles. The van der Waals surface area contributed by atoms with Crippen molar-refractivity contribution in [2.75, 3.05) is 5.73 Å². The number of nitrogen functional groups attached to an aromatic ring is 1. The fourth-order valence-corrected chi connectivity index (χ4v) is 0.837. The fourth-order valence-electron chi connectivity index (χ4n) is 0.837. The summed E-state index contributed by atoms with van der Waals surface area (Å²) in [6, 6.07) is 0.878. The Morgan fingerprint density at radius 2 is 2.15 bits per heavy atom. The zero-order chi connectivity index (χ0) is 10.0. The molecule has 13 heavy (non-hydrogen) atoms. The number of hydrogen-bond donors (Lipinski definition) is 2. The molecule has 72 valence electrons. The molecule has 0 spiro atoms. The van der Waals surface area contributed by atoms with Crippen molar-refractivity contribution >= 4 is 5.69 Å². The molecule has 0 aliphatic rings. The van der Waals surface area contributed by atoms with Crippen molar-refractivity contribution in [1.29, 1.82) is 0 Å². The number of nitrogens with zero attached hydrogens (tertiary/aromatic N) is 1. The molecule has 0 aliphatic heterocycles. The summed E-state index contributed by atoms with van der Waals surface area (Å²) in [5.74, 6) is -1.18. The van der Waals surface area contributed by atoms with Crippen LogP contribution in [0.5, 0.6) is 0 Å². The van der Waals surface area contributed by atoms with Gasteiger partial charge in [-0.3, -0.25) is 0 Å². The number of rotatable bonds is 2. The summed E-state index contributed by atoms with van der Waals surface area (Å²) in [6.07, 6.45) is -2.87. The van der Waals surface area contributed by atoms with Gasteiger partial charge in [0.05, 0.1) is 12.3 Å². The zero-order valence-electron chi connectivity index (χ0n) is 6.47. The summed E-state index contributed by atoms with van der Waals surface area (Å²) < 4.78 is 36.8. The highest BCUT2D eigenvalue weighted by Gasteiger charge is 2.15. The maximum atomic E-state index is 12.7. The smallest absolute Gasteiger partial charge is 0.280 e. The molecule has 0 aromatic carbocycles. The van der Waals surface area contributed by atoms with E-state index in [1.165, 1.54) is 0 Å². The highest BCUT2D eigenvalue weighted by Crippen LogP contribution is 2.22. The van der Waals surface area contributed by atoms with E-state index in [0.29, 0.717) is 0 Å². The van der Waals surface area contributed by atoms with Gasteiger partial charge in [-0.2, -0.15) is 4.39 Å². The third kappa shape index (κ3) is 1.89. The Morgan fingerprint density at radius 3 is 2.62 bits per heavy atom. The minimum Gasteiger partial charge on any atom is -0.395 e. The number of halogens is 3. The monoisotopic (exact) mass is 192 g/mol. The molecule has 0 atom stereocenters. The minimum atomic E-state index is -2.87. The van der Waals surface area contributed by atoms with Crippen molar-refractivity contribution < 1.29 is 18.3 Å². The molecule has 6 heteroatoms. The van der Waals surface area contributed by atoms with E-state index in [-0.39, 0.29) is 5.56 Å². The summed E-state index contributed by atoms with van der Waals surface area (Å²) in [5, 5.41) is 8.63. The number of aliphatic hydroxyl groups is 1. The first-order valence-electron chi connectivity index (χ1n) is 3.40. The molecule has 0 saturated carbocycles. The molecule has 1 rings (SSSR count). The van der Waals surface area contributed by atoms with Crippen molar-refractivity contribution in [3.8, 4) is 0 Å². The Kier molecular flexibility index (Phi) is 2.72. The van der Waals surface area contributed by atoms with Crippen molar-refractivity contribution in [1.82, 2.24) is 4.98 Å². The molecule has 0 bridgehead atoms. The van der Waals surface area contributed by atoms with E-state index in [2.05, 4.69) is 4.98 Å². The summed E-state index contributed by atoms with van der Waals surface area (Å²) in [6.45, 7) is -0.592. The summed E-state index contributed by atoms with van der Waals surface area (Å²) >= 11 is 0. The van der Waals surface area contributed by atoms with Gasteiger partial charge in [0, 0.05) is 5.56 Å². The molecule has 0 unspecified atom stereocenters. The minimum absolute atomic E-state index is 0.0807. The number of nitrogens with two attached hydrogens (primary N) is 1. The lowest BCUT2D eigenvalue weighted by Crippen LogP contribution is -2.04. The number of aromatic nitrogens is 1. The van der Waals surface area contributed by atoms with Gasteiger partial charge in [-0.05, 0) is 6.07 Å². The second kappa shape index (κ2) is 3.61. The van der Waals surface area contributed by atoms with Crippen molar-refractivity contribution in [3.05, 3.63) is 23.3 Å². The van der Waals surface area contributed by atoms with Gasteiger partial charge in [0.25, 0.3) is 6.43 Å². The molecule has 0 radical (unpaired) electrons. The maximum Gasteiger partial charge on any atom is 0.280 e. The lowest BCUT2D eigenvalue weighted by Gasteiger charge is -2.05. The van der Waals surface area contributed by atoms with Crippen LogP contribution in [-0.2, 0) is 6.61 Å². The quantitative estimate of drug-likeness (QED) is 0.693. The molecule has 0 amide bonds. The molecular formula is C7H7F3N2O. The van der Waals surface area contributed by atoms with Gasteiger partial charge in [0.15, 0.2) is 0 Å². The third-order valence-corrected chi connectivity index (χ3v) is 1.51. The predicted molar refractivity (Wildman–Crippen MR) is 39.5 cm³/mol. The second-order valence-corrected chi connectivity index (χ2v) is 2.37. The van der Waals surface area contributed by atoms with Crippen LogP contribution < -0.4 is 5.73 Å². The van der Waals surface area contributed by atoms with E-state index < -0.39 is 30.4 Å². The van der Waals surface area contributed by atoms with Gasteiger partial charge in [-0.25, -0.2) is 13.8 Å². The van der Waals surface area contributed by atoms with Gasteiger partial charge < -0.3 is 10.8 Å². The van der Waals surface area contributed by atoms with E-state index in [0.717, 1.165) is 6.07 Å². The predicted octanol–water partition coefficient (Wildman–Crippen LogP) is 1.23. The van der Waals surface area contributed by atoms with Gasteiger partial charge in [0.1, 0.15) is 5.69 Å². The van der Waals surface area contributed by atoms with Crippen LogP contribution in [0.1, 0.15) is 17.7 Å². The van der Waals surface area contributed by atoms with Crippen LogP contribution >= 0.6 is 0 Å². The van der Waals surface area contributed by atoms with Crippen LogP contribution in [0, 0.1) is 5.95 Å². The Hall–Kier alpha value is -1.30. The number of anilines is 1. The Labute approximate surface area is 72.0 Å². The Balaban J connectivity index is 3.22. The van der Waals surface area contributed by atoms with Gasteiger partial charge in [-0.1, -0.05) is 0 Å². The number of pyridine rings is 1. The van der Waals surface area contributed by atoms with Crippen molar-refractivity contribution in [3.63, 3.8) is 0 Å². The molecule has 3 nitrogen and oxygen atoms in total. The van der Waals surface area contributed by atoms with Crippen molar-refractivity contribution in [2.45, 2.75) is 13.0 Å². The summed E-state index contributed by atoms with van der Waals surface area (Å²) in [7, 11) is 0. The van der Waals surface area contributed by atoms with Crippen LogP contribution in [-0.4, -0.2) is 10.1 Å². The largest absolute Gasteiger partial charge is 0.395 e. The van der Waals surface area contributed by atoms with E-state index in [9.17, 15) is 13.2 Å². The molecule has 1 aromatic heterocycles. The first-order chi connectivity index (χ1) is 6.06. The average Bonchev–Trinajstić information content (AvgIpc) is 2.09. The fraction of sp³-hybridized carbons (Fsp3) is 0.286. The molecular weight excluding hydrogens is 185 g/mol. The highest BCUT2D eigenvalue weighted by molar-refractivity contribution is 5.46. The molecule has 1 aromatic rings. The van der Waals surface area contributed by atoms with Crippen LogP contribution in [0.4, 0.5) is 18.9 Å². The summed E-state index contributed by atoms with van der Waals surface area (Å²) in [4.78, 5) is 2.93. The maximum absolute atomic E-state index is 12.7. The van der Waals surface area contributed by atoms with E-state index in [1.807, 2.05) is 0 Å². The van der Waals surface area contributed by atoms with E-state index in [4.69, 9.17) is 10.8 Å². The van der Waals surface area contributed by atoms with E-state index >= 15 is 0 Å². The Bertz CT molecular complexity index is 317. The molecule has 3 N–H and O–H groups in total. The molecule has 1 heterocycles. The van der Waals surface area contributed by atoms with E-state index in [1.54, 1.807) is 0 Å². The normalized spacial score (nSPS) is 10.8. The average molecular weight is 192 g/mol. The lowest BCUT2D eigenvalue weighted by atomic mass is 10.2. The van der Waals surface area contributed by atoms with Crippen LogP contribution in [0.15, 0.2) is 6.07 Å². The van der Waals surface area contributed by atoms with Crippen LogP contribution in [0.3, 0.4) is 0 Å². The number of aliphatic hydroxyl groups excluding tert-OH is 1. The SMILES string of the molecule is Nc1c(CO)cc(C(F)F)nc1F. The number of hydrogen-bond acceptors (Lipinski definition) is 3. The van der Waals surface area contributed by atoms with Gasteiger partial charge in [0.2, 0.25) is 5.95 Å². The first-order valence-corrected chi connectivity index (χ1v) is 3.40. The second-order valence-electron chi connectivity index (χ2n) is 2.37. The van der Waals surface area contributed by atoms with Gasteiger partial charge in [-0.15, -0.1) is 0 Å². The summed E-state index contributed by atoms with van der Waals surface area (Å²) in [5.41, 5.74) is 3.92. The van der Waals surface area contributed by atoms with Crippen LogP contribution in [0.25, 0.3) is 0 Å². The lowest BCUT2D eigenvalue weighted by molar-refractivity contribution is 0.144. The topological polar surface area (TPSA) is 59.1 Å². The molecule has 0 fully saturated rings. The standard InChI is InChI=1S/C7H7F3N2O/c8-6(9)4-1-3(2-13)5(11)7(10)12-4/h1,6,13H,2,11H2. The first kappa shape index (κ1) is 9.79. The third-order valence-electron chi connectivity index (χ3n) is 1.51.